The number of carbonyl (C=O) groups is 1. The highest BCUT2D eigenvalue weighted by atomic mass is 19.4. The lowest BCUT2D eigenvalue weighted by atomic mass is 10.0. The molecule has 1 aromatic rings. The average molecular weight is 249 g/mol. The molecule has 17 heavy (non-hydrogen) atoms. The van der Waals surface area contributed by atoms with E-state index in [2.05, 4.69) is 5.16 Å². The first-order valence-electron chi connectivity index (χ1n) is 5.13. The maximum absolute atomic E-state index is 12.4. The number of carboxylic acids is 1. The van der Waals surface area contributed by atoms with Crippen LogP contribution in [0.25, 0.3) is 0 Å². The molecule has 0 saturated heterocycles. The summed E-state index contributed by atoms with van der Waals surface area (Å²) in [7, 11) is 0. The lowest BCUT2D eigenvalue weighted by Crippen LogP contribution is -2.32. The van der Waals surface area contributed by atoms with Crippen LogP contribution in [0.5, 0.6) is 0 Å². The van der Waals surface area contributed by atoms with Crippen molar-refractivity contribution in [1.29, 1.82) is 0 Å². The summed E-state index contributed by atoms with van der Waals surface area (Å²) >= 11 is 0. The standard InChI is InChI=1S/C10H10F3NO3/c11-10(12,13)7(9(15)16)3-6-4-8(17-14-6)5-1-2-5/h4-5,7H,1-3H2,(H,15,16). The molecule has 1 saturated carbocycles. The lowest BCUT2D eigenvalue weighted by Gasteiger charge is -2.13. The summed E-state index contributed by atoms with van der Waals surface area (Å²) in [5.41, 5.74) is 0.0385. The molecule has 94 valence electrons. The molecule has 7 heteroatoms. The number of hydrogen-bond donors (Lipinski definition) is 1. The van der Waals surface area contributed by atoms with Crippen LogP contribution in [0.3, 0.4) is 0 Å². The second-order valence-electron chi connectivity index (χ2n) is 4.13. The Morgan fingerprint density at radius 3 is 2.71 bits per heavy atom. The monoisotopic (exact) mass is 249 g/mol. The summed E-state index contributed by atoms with van der Waals surface area (Å²) in [4.78, 5) is 10.5. The molecule has 4 nitrogen and oxygen atoms in total. The van der Waals surface area contributed by atoms with Gasteiger partial charge in [-0.3, -0.25) is 4.79 Å². The molecule has 0 bridgehead atoms. The van der Waals surface area contributed by atoms with E-state index in [9.17, 15) is 18.0 Å². The second-order valence-corrected chi connectivity index (χ2v) is 4.13. The molecule has 1 aliphatic carbocycles. The molecule has 2 rings (SSSR count). The molecule has 1 atom stereocenters. The van der Waals surface area contributed by atoms with Crippen molar-refractivity contribution in [3.63, 3.8) is 0 Å². The van der Waals surface area contributed by atoms with E-state index in [0.717, 1.165) is 12.8 Å². The van der Waals surface area contributed by atoms with E-state index in [1.165, 1.54) is 6.07 Å². The minimum atomic E-state index is -4.77. The van der Waals surface area contributed by atoms with E-state index >= 15 is 0 Å². The van der Waals surface area contributed by atoms with E-state index < -0.39 is 24.5 Å². The normalized spacial score (nSPS) is 18.1. The number of alkyl halides is 3. The second kappa shape index (κ2) is 4.05. The third kappa shape index (κ3) is 2.78. The summed E-state index contributed by atoms with van der Waals surface area (Å²) in [6.45, 7) is 0. The van der Waals surface area contributed by atoms with Crippen LogP contribution < -0.4 is 0 Å². The number of hydrogen-bond acceptors (Lipinski definition) is 3. The molecule has 1 unspecified atom stereocenters. The maximum Gasteiger partial charge on any atom is 0.402 e. The van der Waals surface area contributed by atoms with Crippen molar-refractivity contribution in [2.24, 2.45) is 5.92 Å². The van der Waals surface area contributed by atoms with Gasteiger partial charge >= 0.3 is 12.1 Å². The first-order valence-corrected chi connectivity index (χ1v) is 5.13. The van der Waals surface area contributed by atoms with Crippen LogP contribution in [0, 0.1) is 5.92 Å². The van der Waals surface area contributed by atoms with Gasteiger partial charge in [-0.2, -0.15) is 13.2 Å². The maximum atomic E-state index is 12.4. The molecule has 1 N–H and O–H groups in total. The van der Waals surface area contributed by atoms with E-state index in [1.54, 1.807) is 0 Å². The summed E-state index contributed by atoms with van der Waals surface area (Å²) in [5, 5.41) is 12.0. The van der Waals surface area contributed by atoms with Gasteiger partial charge in [0.1, 0.15) is 5.76 Å². The molecule has 0 aromatic carbocycles. The molecule has 0 spiro atoms. The van der Waals surface area contributed by atoms with Crippen molar-refractivity contribution in [2.45, 2.75) is 31.4 Å². The van der Waals surface area contributed by atoms with Crippen LogP contribution in [-0.4, -0.2) is 22.4 Å². The van der Waals surface area contributed by atoms with Gasteiger partial charge in [0.15, 0.2) is 5.92 Å². The van der Waals surface area contributed by atoms with Gasteiger partial charge in [0, 0.05) is 18.4 Å². The fourth-order valence-electron chi connectivity index (χ4n) is 1.54. The molecule has 1 aliphatic rings. The Balaban J connectivity index is 2.08. The number of rotatable bonds is 4. The summed E-state index contributed by atoms with van der Waals surface area (Å²) < 4.78 is 42.1. The van der Waals surface area contributed by atoms with Gasteiger partial charge in [-0.1, -0.05) is 5.16 Å². The fraction of sp³-hybridized carbons (Fsp3) is 0.600. The van der Waals surface area contributed by atoms with Crippen LogP contribution in [-0.2, 0) is 11.2 Å². The predicted molar refractivity (Wildman–Crippen MR) is 49.4 cm³/mol. The molecule has 1 fully saturated rings. The van der Waals surface area contributed by atoms with Gasteiger partial charge < -0.3 is 9.63 Å². The molecular weight excluding hydrogens is 239 g/mol. The summed E-state index contributed by atoms with van der Waals surface area (Å²) in [5.74, 6) is -3.54. The van der Waals surface area contributed by atoms with Gasteiger partial charge in [0.2, 0.25) is 0 Å². The van der Waals surface area contributed by atoms with Crippen molar-refractivity contribution in [1.82, 2.24) is 5.16 Å². The topological polar surface area (TPSA) is 63.3 Å². The first-order chi connectivity index (χ1) is 7.88. The lowest BCUT2D eigenvalue weighted by molar-refractivity contribution is -0.193. The Morgan fingerprint density at radius 1 is 1.59 bits per heavy atom. The summed E-state index contributed by atoms with van der Waals surface area (Å²) in [6, 6.07) is 1.42. The zero-order chi connectivity index (χ0) is 12.6. The fourth-order valence-corrected chi connectivity index (χ4v) is 1.54. The zero-order valence-corrected chi connectivity index (χ0v) is 8.70. The Kier molecular flexibility index (Phi) is 2.84. The third-order valence-electron chi connectivity index (χ3n) is 2.66. The average Bonchev–Trinajstić information content (AvgIpc) is 2.93. The number of nitrogens with zero attached hydrogens (tertiary/aromatic N) is 1. The van der Waals surface area contributed by atoms with Gasteiger partial charge in [-0.05, 0) is 12.8 Å². The number of halogens is 3. The Hall–Kier alpha value is -1.53. The van der Waals surface area contributed by atoms with Crippen molar-refractivity contribution >= 4 is 5.97 Å². The smallest absolute Gasteiger partial charge is 0.402 e. The molecule has 0 aliphatic heterocycles. The highest BCUT2D eigenvalue weighted by molar-refractivity contribution is 5.71. The largest absolute Gasteiger partial charge is 0.481 e. The molecular formula is C10H10F3NO3. The van der Waals surface area contributed by atoms with E-state index in [4.69, 9.17) is 9.63 Å². The number of aromatic nitrogens is 1. The van der Waals surface area contributed by atoms with Crippen LogP contribution in [0.1, 0.15) is 30.2 Å². The van der Waals surface area contributed by atoms with E-state index in [-0.39, 0.29) is 11.6 Å². The first kappa shape index (κ1) is 11.9. The Labute approximate surface area is 94.4 Å². The van der Waals surface area contributed by atoms with Gasteiger partial charge in [0.05, 0.1) is 5.69 Å². The SMILES string of the molecule is O=C(O)C(Cc1cc(C2CC2)on1)C(F)(F)F. The highest BCUT2D eigenvalue weighted by Crippen LogP contribution is 2.40. The van der Waals surface area contributed by atoms with Gasteiger partial charge in [0.25, 0.3) is 0 Å². The molecule has 1 aromatic heterocycles. The van der Waals surface area contributed by atoms with Crippen molar-refractivity contribution in [3.05, 3.63) is 17.5 Å². The molecule has 1 heterocycles. The minimum absolute atomic E-state index is 0.0385. The van der Waals surface area contributed by atoms with Crippen LogP contribution >= 0.6 is 0 Å². The number of carboxylic acid groups (broad SMARTS) is 1. The van der Waals surface area contributed by atoms with Crippen molar-refractivity contribution in [3.8, 4) is 0 Å². The Bertz CT molecular complexity index is 423. The summed E-state index contributed by atoms with van der Waals surface area (Å²) in [6.07, 6.45) is -3.58. The van der Waals surface area contributed by atoms with E-state index in [0.29, 0.717) is 5.76 Å². The van der Waals surface area contributed by atoms with Crippen molar-refractivity contribution < 1.29 is 27.6 Å². The molecule has 0 amide bonds. The van der Waals surface area contributed by atoms with Gasteiger partial charge in [-0.15, -0.1) is 0 Å². The van der Waals surface area contributed by atoms with E-state index in [1.807, 2.05) is 0 Å². The predicted octanol–water partition coefficient (Wildman–Crippen LogP) is 2.36. The zero-order valence-electron chi connectivity index (χ0n) is 8.70. The quantitative estimate of drug-likeness (QED) is 0.889. The van der Waals surface area contributed by atoms with Crippen LogP contribution in [0.4, 0.5) is 13.2 Å². The third-order valence-corrected chi connectivity index (χ3v) is 2.66. The van der Waals surface area contributed by atoms with Crippen molar-refractivity contribution in [2.75, 3.05) is 0 Å². The number of aliphatic carboxylic acids is 1. The minimum Gasteiger partial charge on any atom is -0.481 e. The highest BCUT2D eigenvalue weighted by Gasteiger charge is 2.45. The van der Waals surface area contributed by atoms with Gasteiger partial charge in [-0.25, -0.2) is 0 Å². The van der Waals surface area contributed by atoms with Crippen LogP contribution in [0.15, 0.2) is 10.6 Å². The Morgan fingerprint density at radius 2 is 2.24 bits per heavy atom. The van der Waals surface area contributed by atoms with Crippen LogP contribution in [0.2, 0.25) is 0 Å². The molecule has 0 radical (unpaired) electrons.